The fourth-order valence-corrected chi connectivity index (χ4v) is 8.46. The van der Waals surface area contributed by atoms with Gasteiger partial charge in [0.05, 0.1) is 0 Å². The highest BCUT2D eigenvalue weighted by Crippen LogP contribution is 2.45. The van der Waals surface area contributed by atoms with Crippen LogP contribution in [0.3, 0.4) is 0 Å². The van der Waals surface area contributed by atoms with E-state index in [9.17, 15) is 0 Å². The van der Waals surface area contributed by atoms with Gasteiger partial charge in [-0.15, -0.1) is 0 Å². The Balaban J connectivity index is 1.13. The summed E-state index contributed by atoms with van der Waals surface area (Å²) in [6, 6.07) is 57.3. The molecule has 2 heterocycles. The third kappa shape index (κ3) is 5.25. The molecule has 1 aliphatic rings. The quantitative estimate of drug-likeness (QED) is 0.167. The molecule has 8 aromatic carbocycles. The van der Waals surface area contributed by atoms with Crippen molar-refractivity contribution < 1.29 is 4.42 Å². The summed E-state index contributed by atoms with van der Waals surface area (Å²) >= 11 is 0. The summed E-state index contributed by atoms with van der Waals surface area (Å²) in [6.07, 6.45) is 6.41. The SMILES string of the molecule is C1=C(c2ccc3oc4ccc5ccccc5c4c3c2)CCC(c2c(-c3nc(-c4ccccc4)nc(-c4ccccc4)n3)c3ccccc3c3ccccc23)=C1. The van der Waals surface area contributed by atoms with Crippen molar-refractivity contribution in [3.8, 4) is 34.2 Å². The van der Waals surface area contributed by atoms with Gasteiger partial charge in [0.25, 0.3) is 0 Å². The Morgan fingerprint density at radius 3 is 1.55 bits per heavy atom. The molecule has 0 spiro atoms. The van der Waals surface area contributed by atoms with Gasteiger partial charge in [-0.3, -0.25) is 0 Å². The molecule has 0 aliphatic heterocycles. The first kappa shape index (κ1) is 31.4. The number of allylic oxidation sites excluding steroid dienone is 4. The Morgan fingerprint density at radius 1 is 0.364 bits per heavy atom. The molecule has 4 nitrogen and oxygen atoms in total. The van der Waals surface area contributed by atoms with E-state index in [1.54, 1.807) is 0 Å². The molecule has 0 unspecified atom stereocenters. The molecule has 0 N–H and O–H groups in total. The maximum Gasteiger partial charge on any atom is 0.165 e. The van der Waals surface area contributed by atoms with Crippen LogP contribution in [0.15, 0.2) is 180 Å². The van der Waals surface area contributed by atoms with E-state index >= 15 is 0 Å². The van der Waals surface area contributed by atoms with E-state index in [-0.39, 0.29) is 0 Å². The average Bonchev–Trinajstić information content (AvgIpc) is 3.65. The van der Waals surface area contributed by atoms with Crippen molar-refractivity contribution >= 4 is 65.4 Å². The molecule has 11 rings (SSSR count). The highest BCUT2D eigenvalue weighted by atomic mass is 16.3. The number of benzene rings is 8. The minimum atomic E-state index is 0.655. The van der Waals surface area contributed by atoms with Crippen molar-refractivity contribution in [1.29, 1.82) is 0 Å². The van der Waals surface area contributed by atoms with Crippen molar-refractivity contribution in [2.75, 3.05) is 0 Å². The first-order valence-corrected chi connectivity index (χ1v) is 18.8. The largest absolute Gasteiger partial charge is 0.456 e. The summed E-state index contributed by atoms with van der Waals surface area (Å²) < 4.78 is 6.33. The Kier molecular flexibility index (Phi) is 7.27. The van der Waals surface area contributed by atoms with Crippen LogP contribution >= 0.6 is 0 Å². The number of hydrogen-bond acceptors (Lipinski definition) is 4. The zero-order valence-corrected chi connectivity index (χ0v) is 29.9. The normalized spacial score (nSPS) is 13.2. The minimum absolute atomic E-state index is 0.655. The van der Waals surface area contributed by atoms with Gasteiger partial charge in [-0.25, -0.2) is 15.0 Å². The van der Waals surface area contributed by atoms with Crippen LogP contribution in [0, 0.1) is 0 Å². The number of nitrogens with zero attached hydrogens (tertiary/aromatic N) is 3. The Labute approximate surface area is 317 Å². The number of rotatable bonds is 5. The molecule has 0 saturated heterocycles. The summed E-state index contributed by atoms with van der Waals surface area (Å²) in [4.78, 5) is 15.6. The Bertz CT molecular complexity index is 3140. The van der Waals surface area contributed by atoms with E-state index in [1.165, 1.54) is 54.6 Å². The molecule has 1 aliphatic carbocycles. The molecule has 2 aromatic heterocycles. The first-order chi connectivity index (χ1) is 27.3. The highest BCUT2D eigenvalue weighted by molar-refractivity contribution is 6.20. The summed E-state index contributed by atoms with van der Waals surface area (Å²) in [5.74, 6) is 1.98. The zero-order valence-electron chi connectivity index (χ0n) is 29.9. The third-order valence-electron chi connectivity index (χ3n) is 11.1. The number of hydrogen-bond donors (Lipinski definition) is 0. The lowest BCUT2D eigenvalue weighted by Crippen LogP contribution is -2.04. The number of fused-ring (bicyclic) bond motifs is 8. The molecule has 55 heavy (non-hydrogen) atoms. The molecule has 4 heteroatoms. The molecule has 0 radical (unpaired) electrons. The van der Waals surface area contributed by atoms with Crippen LogP contribution in [0.5, 0.6) is 0 Å². The maximum absolute atomic E-state index is 6.33. The van der Waals surface area contributed by atoms with E-state index in [1.807, 2.05) is 36.4 Å². The average molecular weight is 704 g/mol. The lowest BCUT2D eigenvalue weighted by molar-refractivity contribution is 0.669. The molecule has 0 fully saturated rings. The lowest BCUT2D eigenvalue weighted by atomic mass is 9.83. The number of furan rings is 1. The van der Waals surface area contributed by atoms with Crippen LogP contribution in [-0.4, -0.2) is 15.0 Å². The topological polar surface area (TPSA) is 51.8 Å². The van der Waals surface area contributed by atoms with Crippen molar-refractivity contribution in [3.63, 3.8) is 0 Å². The number of aromatic nitrogens is 3. The van der Waals surface area contributed by atoms with Gasteiger partial charge in [-0.1, -0.05) is 158 Å². The second-order valence-corrected chi connectivity index (χ2v) is 14.2. The van der Waals surface area contributed by atoms with Gasteiger partial charge in [0, 0.05) is 27.5 Å². The van der Waals surface area contributed by atoms with E-state index in [0.29, 0.717) is 17.5 Å². The molecule has 0 saturated carbocycles. The van der Waals surface area contributed by atoms with Crippen molar-refractivity contribution in [1.82, 2.24) is 15.0 Å². The monoisotopic (exact) mass is 703 g/mol. The van der Waals surface area contributed by atoms with E-state index in [4.69, 9.17) is 19.4 Å². The van der Waals surface area contributed by atoms with Crippen LogP contribution in [0.4, 0.5) is 0 Å². The zero-order chi connectivity index (χ0) is 36.3. The van der Waals surface area contributed by atoms with E-state index in [0.717, 1.165) is 51.5 Å². The second-order valence-electron chi connectivity index (χ2n) is 14.2. The summed E-state index contributed by atoms with van der Waals surface area (Å²) in [5, 5.41) is 9.49. The predicted octanol–water partition coefficient (Wildman–Crippen LogP) is 13.5. The maximum atomic E-state index is 6.33. The molecular formula is C51H33N3O. The fourth-order valence-electron chi connectivity index (χ4n) is 8.46. The fraction of sp³-hybridized carbons (Fsp3) is 0.0392. The van der Waals surface area contributed by atoms with Gasteiger partial charge in [0.15, 0.2) is 17.5 Å². The van der Waals surface area contributed by atoms with Gasteiger partial charge in [0.1, 0.15) is 11.2 Å². The van der Waals surface area contributed by atoms with Crippen molar-refractivity contribution in [2.24, 2.45) is 0 Å². The van der Waals surface area contributed by atoms with Crippen molar-refractivity contribution in [2.45, 2.75) is 12.8 Å². The molecule has 0 amide bonds. The summed E-state index contributed by atoms with van der Waals surface area (Å²) in [5.41, 5.74) is 9.75. The molecule has 0 bridgehead atoms. The predicted molar refractivity (Wildman–Crippen MR) is 228 cm³/mol. The van der Waals surface area contributed by atoms with Gasteiger partial charge in [-0.05, 0) is 85.6 Å². The van der Waals surface area contributed by atoms with Gasteiger partial charge >= 0.3 is 0 Å². The molecule has 0 atom stereocenters. The first-order valence-electron chi connectivity index (χ1n) is 18.8. The van der Waals surface area contributed by atoms with Gasteiger partial charge in [-0.2, -0.15) is 0 Å². The lowest BCUT2D eigenvalue weighted by Gasteiger charge is -2.22. The standard InChI is InChI=1S/C51H33N3O/c1-3-14-35(15-4-1)49-52-50(36-16-5-2-6-17-36)54-51(53-49)48-42-22-12-10-20-40(42)39-19-9-11-21-41(39)46(48)34-25-23-32(24-26-34)37-28-29-44-43(31-37)47-38-18-8-7-13-33(38)27-30-45(47)55-44/h1-23,25,27-31H,24,26H2. The van der Waals surface area contributed by atoms with Crippen LogP contribution in [0.1, 0.15) is 24.0 Å². The van der Waals surface area contributed by atoms with Crippen molar-refractivity contribution in [3.05, 3.63) is 187 Å². The molecular weight excluding hydrogens is 671 g/mol. The van der Waals surface area contributed by atoms with Crippen LogP contribution in [-0.2, 0) is 0 Å². The summed E-state index contributed by atoms with van der Waals surface area (Å²) in [6.45, 7) is 0. The van der Waals surface area contributed by atoms with Crippen LogP contribution < -0.4 is 0 Å². The van der Waals surface area contributed by atoms with Gasteiger partial charge in [0.2, 0.25) is 0 Å². The summed E-state index contributed by atoms with van der Waals surface area (Å²) in [7, 11) is 0. The van der Waals surface area contributed by atoms with Crippen LogP contribution in [0.25, 0.3) is 99.6 Å². The molecule has 10 aromatic rings. The third-order valence-corrected chi connectivity index (χ3v) is 11.1. The van der Waals surface area contributed by atoms with E-state index < -0.39 is 0 Å². The minimum Gasteiger partial charge on any atom is -0.456 e. The second kappa shape index (κ2) is 12.8. The van der Waals surface area contributed by atoms with Gasteiger partial charge < -0.3 is 4.42 Å². The smallest absolute Gasteiger partial charge is 0.165 e. The Morgan fingerprint density at radius 2 is 0.891 bits per heavy atom. The Hall–Kier alpha value is -7.17. The van der Waals surface area contributed by atoms with Crippen LogP contribution in [0.2, 0.25) is 0 Å². The highest BCUT2D eigenvalue weighted by Gasteiger charge is 2.24. The van der Waals surface area contributed by atoms with E-state index in [2.05, 4.69) is 140 Å². The molecule has 258 valence electrons.